The monoisotopic (exact) mass is 183 g/mol. The maximum atomic E-state index is 5.60. The summed E-state index contributed by atoms with van der Waals surface area (Å²) in [5, 5.41) is 3.31. The van der Waals surface area contributed by atoms with E-state index in [-0.39, 0.29) is 0 Å². The summed E-state index contributed by atoms with van der Waals surface area (Å²) in [5.41, 5.74) is 5.60. The zero-order valence-electron chi connectivity index (χ0n) is 8.16. The predicted octanol–water partition coefficient (Wildman–Crippen LogP) is 0.747. The van der Waals surface area contributed by atoms with Crippen LogP contribution >= 0.6 is 0 Å². The lowest BCUT2D eigenvalue weighted by atomic mass is 10.1. The van der Waals surface area contributed by atoms with Gasteiger partial charge in [0.2, 0.25) is 0 Å². The van der Waals surface area contributed by atoms with Crippen molar-refractivity contribution in [2.24, 2.45) is 11.7 Å². The third-order valence-corrected chi connectivity index (χ3v) is 2.08. The number of hydrogen-bond acceptors (Lipinski definition) is 4. The van der Waals surface area contributed by atoms with Gasteiger partial charge in [-0.15, -0.1) is 0 Å². The number of rotatable bonds is 5. The van der Waals surface area contributed by atoms with Crippen LogP contribution in [0.2, 0.25) is 0 Å². The van der Waals surface area contributed by atoms with Crippen molar-refractivity contribution < 1.29 is 4.42 Å². The largest absolute Gasteiger partial charge is 0.447 e. The average Bonchev–Trinajstić information content (AvgIpc) is 2.57. The van der Waals surface area contributed by atoms with Crippen molar-refractivity contribution in [3.63, 3.8) is 0 Å². The molecule has 0 bridgehead atoms. The summed E-state index contributed by atoms with van der Waals surface area (Å²) in [6.45, 7) is 5.63. The van der Waals surface area contributed by atoms with E-state index in [1.54, 1.807) is 6.20 Å². The second-order valence-electron chi connectivity index (χ2n) is 3.43. The lowest BCUT2D eigenvalue weighted by molar-refractivity contribution is 0.380. The predicted molar refractivity (Wildman–Crippen MR) is 51.0 cm³/mol. The molecule has 3 N–H and O–H groups in total. The van der Waals surface area contributed by atoms with Crippen LogP contribution in [0.25, 0.3) is 0 Å². The minimum Gasteiger partial charge on any atom is -0.447 e. The highest BCUT2D eigenvalue weighted by Gasteiger charge is 2.10. The maximum absolute atomic E-state index is 5.60. The van der Waals surface area contributed by atoms with Crippen LogP contribution in [0.5, 0.6) is 0 Å². The molecule has 0 spiro atoms. The van der Waals surface area contributed by atoms with Crippen LogP contribution in [0.4, 0.5) is 0 Å². The van der Waals surface area contributed by atoms with E-state index in [4.69, 9.17) is 10.2 Å². The highest BCUT2D eigenvalue weighted by molar-refractivity contribution is 4.88. The van der Waals surface area contributed by atoms with E-state index >= 15 is 0 Å². The van der Waals surface area contributed by atoms with Gasteiger partial charge in [-0.1, -0.05) is 13.8 Å². The first-order valence-electron chi connectivity index (χ1n) is 4.55. The van der Waals surface area contributed by atoms with Crippen LogP contribution in [-0.4, -0.2) is 17.6 Å². The van der Waals surface area contributed by atoms with Crippen molar-refractivity contribution in [2.75, 3.05) is 6.54 Å². The summed E-state index contributed by atoms with van der Waals surface area (Å²) in [5.74, 6) is 1.38. The summed E-state index contributed by atoms with van der Waals surface area (Å²) >= 11 is 0. The van der Waals surface area contributed by atoms with Gasteiger partial charge >= 0.3 is 0 Å². The average molecular weight is 183 g/mol. The molecule has 74 valence electrons. The molecule has 0 amide bonds. The molecule has 0 fully saturated rings. The van der Waals surface area contributed by atoms with Crippen molar-refractivity contribution >= 4 is 0 Å². The van der Waals surface area contributed by atoms with Gasteiger partial charge < -0.3 is 15.5 Å². The number of hydrogen-bond donors (Lipinski definition) is 2. The molecule has 0 radical (unpaired) electrons. The highest BCUT2D eigenvalue weighted by Crippen LogP contribution is 2.02. The van der Waals surface area contributed by atoms with E-state index in [1.807, 2.05) is 0 Å². The van der Waals surface area contributed by atoms with Crippen LogP contribution in [0.15, 0.2) is 17.0 Å². The second kappa shape index (κ2) is 4.99. The van der Waals surface area contributed by atoms with E-state index in [0.29, 0.717) is 25.0 Å². The van der Waals surface area contributed by atoms with Crippen molar-refractivity contribution in [3.8, 4) is 0 Å². The number of nitrogens with zero attached hydrogens (tertiary/aromatic N) is 1. The van der Waals surface area contributed by atoms with E-state index in [9.17, 15) is 0 Å². The fraction of sp³-hybridized carbons (Fsp3) is 0.667. The molecule has 0 saturated carbocycles. The third-order valence-electron chi connectivity index (χ3n) is 2.08. The Kier molecular flexibility index (Phi) is 3.92. The molecular weight excluding hydrogens is 166 g/mol. The molecule has 1 atom stereocenters. The first-order valence-corrected chi connectivity index (χ1v) is 4.55. The fourth-order valence-corrected chi connectivity index (χ4v) is 1.15. The maximum Gasteiger partial charge on any atom is 0.180 e. The first-order chi connectivity index (χ1) is 6.24. The van der Waals surface area contributed by atoms with Crippen molar-refractivity contribution in [1.82, 2.24) is 10.3 Å². The summed E-state index contributed by atoms with van der Waals surface area (Å²) < 4.78 is 5.09. The van der Waals surface area contributed by atoms with Crippen LogP contribution in [0.3, 0.4) is 0 Å². The lowest BCUT2D eigenvalue weighted by Gasteiger charge is -2.19. The molecule has 1 aromatic rings. The Labute approximate surface area is 78.5 Å². The van der Waals surface area contributed by atoms with Gasteiger partial charge in [-0.05, 0) is 5.92 Å². The molecular formula is C9H17N3O. The normalized spacial score (nSPS) is 13.5. The number of aromatic nitrogens is 1. The minimum atomic E-state index is 0.338. The summed E-state index contributed by atoms with van der Waals surface area (Å²) in [6, 6.07) is 0.338. The van der Waals surface area contributed by atoms with Crippen LogP contribution in [0, 0.1) is 5.92 Å². The number of nitrogens with one attached hydrogen (secondary N) is 1. The Morgan fingerprint density at radius 2 is 2.38 bits per heavy atom. The standard InChI is InChI=1S/C9H17N3O/c1-7(2)9(3-10)12-5-8-4-11-6-13-8/h4,6-7,9,12H,3,5,10H2,1-2H3. The van der Waals surface area contributed by atoms with Crippen LogP contribution < -0.4 is 11.1 Å². The Balaban J connectivity index is 2.32. The van der Waals surface area contributed by atoms with Gasteiger partial charge in [-0.25, -0.2) is 4.98 Å². The molecule has 1 aromatic heterocycles. The molecule has 4 nitrogen and oxygen atoms in total. The van der Waals surface area contributed by atoms with E-state index in [0.717, 1.165) is 5.76 Å². The second-order valence-corrected chi connectivity index (χ2v) is 3.43. The Hall–Kier alpha value is -0.870. The number of oxazole rings is 1. The fourth-order valence-electron chi connectivity index (χ4n) is 1.15. The molecule has 0 saturated heterocycles. The smallest absolute Gasteiger partial charge is 0.180 e. The Morgan fingerprint density at radius 1 is 1.62 bits per heavy atom. The van der Waals surface area contributed by atoms with Gasteiger partial charge in [0, 0.05) is 12.6 Å². The van der Waals surface area contributed by atoms with Gasteiger partial charge in [-0.3, -0.25) is 0 Å². The SMILES string of the molecule is CC(C)C(CN)NCc1cnco1. The molecule has 0 aliphatic carbocycles. The first kappa shape index (κ1) is 10.2. The molecule has 0 aliphatic rings. The zero-order chi connectivity index (χ0) is 9.68. The third kappa shape index (κ3) is 3.16. The molecule has 1 unspecified atom stereocenters. The number of nitrogens with two attached hydrogens (primary N) is 1. The van der Waals surface area contributed by atoms with Crippen LogP contribution in [-0.2, 0) is 6.54 Å². The quantitative estimate of drug-likeness (QED) is 0.707. The molecule has 1 heterocycles. The van der Waals surface area contributed by atoms with Gasteiger partial charge in [0.25, 0.3) is 0 Å². The molecule has 0 aromatic carbocycles. The van der Waals surface area contributed by atoms with E-state index in [1.165, 1.54) is 6.39 Å². The van der Waals surface area contributed by atoms with Gasteiger partial charge in [0.15, 0.2) is 6.39 Å². The minimum absolute atomic E-state index is 0.338. The molecule has 13 heavy (non-hydrogen) atoms. The zero-order valence-corrected chi connectivity index (χ0v) is 8.16. The molecule has 0 aliphatic heterocycles. The van der Waals surface area contributed by atoms with Gasteiger partial charge in [0.1, 0.15) is 5.76 Å². The van der Waals surface area contributed by atoms with Crippen molar-refractivity contribution in [1.29, 1.82) is 0 Å². The summed E-state index contributed by atoms with van der Waals surface area (Å²) in [7, 11) is 0. The molecule has 1 rings (SSSR count). The topological polar surface area (TPSA) is 64.1 Å². The lowest BCUT2D eigenvalue weighted by Crippen LogP contribution is -2.39. The Morgan fingerprint density at radius 3 is 2.85 bits per heavy atom. The van der Waals surface area contributed by atoms with Gasteiger partial charge in [-0.2, -0.15) is 0 Å². The molecule has 4 heteroatoms. The summed E-state index contributed by atoms with van der Waals surface area (Å²) in [6.07, 6.45) is 3.14. The Bertz CT molecular complexity index is 221. The van der Waals surface area contributed by atoms with Crippen LogP contribution in [0.1, 0.15) is 19.6 Å². The van der Waals surface area contributed by atoms with Crippen molar-refractivity contribution in [3.05, 3.63) is 18.4 Å². The van der Waals surface area contributed by atoms with E-state index in [2.05, 4.69) is 24.1 Å². The van der Waals surface area contributed by atoms with Gasteiger partial charge in [0.05, 0.1) is 12.7 Å². The highest BCUT2D eigenvalue weighted by atomic mass is 16.3. The van der Waals surface area contributed by atoms with Crippen molar-refractivity contribution in [2.45, 2.75) is 26.4 Å². The summed E-state index contributed by atoms with van der Waals surface area (Å²) in [4.78, 5) is 3.83. The van der Waals surface area contributed by atoms with E-state index < -0.39 is 0 Å².